The van der Waals surface area contributed by atoms with Crippen molar-refractivity contribution in [1.82, 2.24) is 0 Å². The fourth-order valence-corrected chi connectivity index (χ4v) is 9.20. The number of hydrogen-bond donors (Lipinski definition) is 0. The Morgan fingerprint density at radius 1 is 0.969 bits per heavy atom. The van der Waals surface area contributed by atoms with Gasteiger partial charge in [0.2, 0.25) is 0 Å². The molecule has 4 aliphatic carbocycles. The minimum absolute atomic E-state index is 0.154. The number of benzene rings is 1. The Bertz CT molecular complexity index is 831. The number of fused-ring (bicyclic) bond motifs is 5. The second-order valence-electron chi connectivity index (χ2n) is 12.0. The molecule has 4 fully saturated rings. The molecule has 8 atom stereocenters. The highest BCUT2D eigenvalue weighted by Crippen LogP contribution is 2.68. The fraction of sp³-hybridized carbons (Fsp3) is 0.759. The van der Waals surface area contributed by atoms with Crippen LogP contribution in [0.25, 0.3) is 0 Å². The fourth-order valence-electron chi connectivity index (χ4n) is 9.20. The predicted molar refractivity (Wildman–Crippen MR) is 128 cm³/mol. The SMILES string of the molecule is COC[C@]12CC[C@H](C)C[C@@H]1CC[C@H]1[C@@H]3CC[C@H](C(=O)c4ccc(OC)cc4)[C@@]3(C)CC[C@@H]12. The molecular formula is C29H42O3. The van der Waals surface area contributed by atoms with Crippen molar-refractivity contribution in [2.45, 2.75) is 71.6 Å². The molecule has 176 valence electrons. The van der Waals surface area contributed by atoms with Crippen LogP contribution in [0.1, 0.15) is 82.0 Å². The lowest BCUT2D eigenvalue weighted by Crippen LogP contribution is -2.56. The van der Waals surface area contributed by atoms with Crippen LogP contribution in [0.5, 0.6) is 5.75 Å². The number of ether oxygens (including phenoxy) is 2. The third-order valence-corrected chi connectivity index (χ3v) is 10.7. The van der Waals surface area contributed by atoms with Crippen molar-refractivity contribution in [3.05, 3.63) is 29.8 Å². The maximum atomic E-state index is 13.6. The minimum Gasteiger partial charge on any atom is -0.497 e. The molecule has 0 unspecified atom stereocenters. The summed E-state index contributed by atoms with van der Waals surface area (Å²) in [4.78, 5) is 13.6. The first kappa shape index (κ1) is 22.4. The summed E-state index contributed by atoms with van der Waals surface area (Å²) >= 11 is 0. The smallest absolute Gasteiger partial charge is 0.166 e. The van der Waals surface area contributed by atoms with Crippen molar-refractivity contribution in [3.63, 3.8) is 0 Å². The third-order valence-electron chi connectivity index (χ3n) is 10.7. The molecule has 0 aliphatic heterocycles. The maximum Gasteiger partial charge on any atom is 0.166 e. The van der Waals surface area contributed by atoms with Crippen LogP contribution in [-0.2, 0) is 4.74 Å². The highest BCUT2D eigenvalue weighted by atomic mass is 16.5. The molecule has 1 aromatic rings. The van der Waals surface area contributed by atoms with E-state index in [9.17, 15) is 4.79 Å². The normalized spacial score (nSPS) is 43.1. The Morgan fingerprint density at radius 3 is 2.47 bits per heavy atom. The van der Waals surface area contributed by atoms with Gasteiger partial charge in [0.05, 0.1) is 13.7 Å². The van der Waals surface area contributed by atoms with Crippen LogP contribution in [0.15, 0.2) is 24.3 Å². The molecule has 0 radical (unpaired) electrons. The monoisotopic (exact) mass is 438 g/mol. The van der Waals surface area contributed by atoms with Crippen molar-refractivity contribution in [2.24, 2.45) is 46.3 Å². The van der Waals surface area contributed by atoms with E-state index in [0.717, 1.165) is 48.0 Å². The van der Waals surface area contributed by atoms with Gasteiger partial charge in [-0.25, -0.2) is 0 Å². The van der Waals surface area contributed by atoms with Gasteiger partial charge in [-0.1, -0.05) is 20.3 Å². The lowest BCUT2D eigenvalue weighted by molar-refractivity contribution is -0.148. The summed E-state index contributed by atoms with van der Waals surface area (Å²) in [7, 11) is 3.59. The van der Waals surface area contributed by atoms with Gasteiger partial charge in [-0.2, -0.15) is 0 Å². The van der Waals surface area contributed by atoms with Crippen LogP contribution in [0.3, 0.4) is 0 Å². The Labute approximate surface area is 194 Å². The number of hydrogen-bond acceptors (Lipinski definition) is 3. The zero-order valence-corrected chi connectivity index (χ0v) is 20.6. The van der Waals surface area contributed by atoms with Crippen LogP contribution in [0, 0.1) is 46.3 Å². The summed E-state index contributed by atoms with van der Waals surface area (Å²) in [5, 5.41) is 0. The van der Waals surface area contributed by atoms with Gasteiger partial charge in [-0.05, 0) is 116 Å². The van der Waals surface area contributed by atoms with E-state index in [1.165, 1.54) is 51.4 Å². The number of methoxy groups -OCH3 is 2. The van der Waals surface area contributed by atoms with E-state index in [1.807, 2.05) is 31.4 Å². The summed E-state index contributed by atoms with van der Waals surface area (Å²) in [6.07, 6.45) is 11.6. The molecule has 4 aliphatic rings. The minimum atomic E-state index is 0.154. The van der Waals surface area contributed by atoms with Gasteiger partial charge in [0.1, 0.15) is 5.75 Å². The average molecular weight is 439 g/mol. The average Bonchev–Trinajstić information content (AvgIpc) is 3.16. The zero-order valence-electron chi connectivity index (χ0n) is 20.6. The second kappa shape index (κ2) is 8.46. The van der Waals surface area contributed by atoms with Crippen molar-refractivity contribution < 1.29 is 14.3 Å². The lowest BCUT2D eigenvalue weighted by atomic mass is 9.43. The molecule has 3 nitrogen and oxygen atoms in total. The molecule has 0 amide bonds. The van der Waals surface area contributed by atoms with Crippen LogP contribution in [-0.4, -0.2) is 26.6 Å². The van der Waals surface area contributed by atoms with Crippen molar-refractivity contribution in [3.8, 4) is 5.75 Å². The highest BCUT2D eigenvalue weighted by molar-refractivity contribution is 5.98. The summed E-state index contributed by atoms with van der Waals surface area (Å²) in [6, 6.07) is 7.79. The topological polar surface area (TPSA) is 35.5 Å². The number of rotatable bonds is 5. The van der Waals surface area contributed by atoms with E-state index in [4.69, 9.17) is 9.47 Å². The van der Waals surface area contributed by atoms with E-state index in [-0.39, 0.29) is 11.3 Å². The first-order valence-electron chi connectivity index (χ1n) is 13.1. The Kier molecular flexibility index (Phi) is 5.93. The molecule has 32 heavy (non-hydrogen) atoms. The number of ketones is 1. The van der Waals surface area contributed by atoms with Crippen LogP contribution in [0.2, 0.25) is 0 Å². The largest absolute Gasteiger partial charge is 0.497 e. The zero-order chi connectivity index (χ0) is 22.5. The van der Waals surface area contributed by atoms with Gasteiger partial charge in [0.25, 0.3) is 0 Å². The third kappa shape index (κ3) is 3.37. The van der Waals surface area contributed by atoms with E-state index < -0.39 is 0 Å². The van der Waals surface area contributed by atoms with Gasteiger partial charge in [0.15, 0.2) is 5.78 Å². The molecule has 0 heterocycles. The van der Waals surface area contributed by atoms with Gasteiger partial charge in [-0.3, -0.25) is 4.79 Å². The molecule has 4 saturated carbocycles. The number of carbonyl (C=O) groups excluding carboxylic acids is 1. The first-order chi connectivity index (χ1) is 15.4. The summed E-state index contributed by atoms with van der Waals surface area (Å²) in [6.45, 7) is 5.86. The molecule has 0 saturated heterocycles. The second-order valence-corrected chi connectivity index (χ2v) is 12.0. The van der Waals surface area contributed by atoms with Crippen molar-refractivity contribution >= 4 is 5.78 Å². The van der Waals surface area contributed by atoms with E-state index in [0.29, 0.717) is 17.1 Å². The first-order valence-corrected chi connectivity index (χ1v) is 13.1. The van der Waals surface area contributed by atoms with Crippen LogP contribution in [0.4, 0.5) is 0 Å². The Hall–Kier alpha value is -1.35. The maximum absolute atomic E-state index is 13.6. The van der Waals surface area contributed by atoms with Crippen LogP contribution >= 0.6 is 0 Å². The summed E-state index contributed by atoms with van der Waals surface area (Å²) in [5.74, 6) is 5.33. The molecule has 0 aromatic heterocycles. The quantitative estimate of drug-likeness (QED) is 0.474. The van der Waals surface area contributed by atoms with Gasteiger partial charge >= 0.3 is 0 Å². The van der Waals surface area contributed by atoms with E-state index in [2.05, 4.69) is 13.8 Å². The summed E-state index contributed by atoms with van der Waals surface area (Å²) < 4.78 is 11.2. The molecule has 0 bridgehead atoms. The number of Topliss-reactive ketones (excluding diaryl/α,β-unsaturated/α-hetero) is 1. The van der Waals surface area contributed by atoms with Gasteiger partial charge in [-0.15, -0.1) is 0 Å². The van der Waals surface area contributed by atoms with E-state index in [1.54, 1.807) is 7.11 Å². The molecule has 3 heteroatoms. The Morgan fingerprint density at radius 2 is 1.75 bits per heavy atom. The Balaban J connectivity index is 1.40. The van der Waals surface area contributed by atoms with Crippen LogP contribution < -0.4 is 4.74 Å². The van der Waals surface area contributed by atoms with E-state index >= 15 is 0 Å². The molecule has 5 rings (SSSR count). The standard InChI is InChI=1S/C29H42O3/c1-19-13-16-29(18-31-3)21(17-19)7-10-23-24-11-12-26(28(24,2)15-14-25(23)29)27(30)20-5-8-22(32-4)9-6-20/h5-6,8-9,19,21,23-26H,7,10-18H2,1-4H3/t19-,21-,23-,24-,25-,26+,28-,29+/m0/s1. The van der Waals surface area contributed by atoms with Gasteiger partial charge in [0, 0.05) is 18.6 Å². The lowest BCUT2D eigenvalue weighted by Gasteiger charge is -2.61. The van der Waals surface area contributed by atoms with Crippen molar-refractivity contribution in [2.75, 3.05) is 20.8 Å². The molecule has 1 aromatic carbocycles. The van der Waals surface area contributed by atoms with Gasteiger partial charge < -0.3 is 9.47 Å². The van der Waals surface area contributed by atoms with Crippen molar-refractivity contribution in [1.29, 1.82) is 0 Å². The number of carbonyl (C=O) groups is 1. The summed E-state index contributed by atoms with van der Waals surface area (Å²) in [5.41, 5.74) is 1.41. The highest BCUT2D eigenvalue weighted by Gasteiger charge is 2.62. The molecular weight excluding hydrogens is 396 g/mol. The molecule has 0 N–H and O–H groups in total. The molecule has 0 spiro atoms. The predicted octanol–water partition coefficient (Wildman–Crippen LogP) is 6.80.